The lowest BCUT2D eigenvalue weighted by Crippen LogP contribution is -2.44. The molecule has 0 radical (unpaired) electrons. The molecular weight excluding hydrogens is 626 g/mol. The van der Waals surface area contributed by atoms with Crippen molar-refractivity contribution in [3.05, 3.63) is 135 Å². The highest BCUT2D eigenvalue weighted by atomic mass is 35.5. The quantitative estimate of drug-likeness (QED) is 0.156. The maximum atomic E-state index is 13.4. The van der Waals surface area contributed by atoms with Crippen LogP contribution >= 0.6 is 23.2 Å². The van der Waals surface area contributed by atoms with E-state index >= 15 is 0 Å². The third kappa shape index (κ3) is 8.66. The molecular formula is C35H32Cl2F3NO4. The molecule has 0 heterocycles. The fraction of sp³-hybridized carbons (Fsp3) is 0.257. The topological polar surface area (TPSA) is 66.8 Å². The van der Waals surface area contributed by atoms with Gasteiger partial charge in [-0.25, -0.2) is 4.79 Å². The highest BCUT2D eigenvalue weighted by Crippen LogP contribution is 2.36. The predicted octanol–water partition coefficient (Wildman–Crippen LogP) is 8.50. The monoisotopic (exact) mass is 657 g/mol. The maximum Gasteiger partial charge on any atom is 0.450 e. The van der Waals surface area contributed by atoms with E-state index in [1.54, 1.807) is 24.3 Å². The standard InChI is InChI=1S/C35H32Cl2F3NO4/c1-34(27-9-13-29(36)14-10-27,28-11-15-30(37)16-12-28)41(2)19-20-45-31-17-5-24(6-18-31)22-26(32(42)35(38,39)40)21-23-3-7-25(8-4-23)33(43)44/h3-18,26H,19-22H2,1-2H3,(H,43,44). The van der Waals surface area contributed by atoms with Crippen LogP contribution in [0.25, 0.3) is 0 Å². The molecule has 0 aliphatic carbocycles. The number of hydrogen-bond donors (Lipinski definition) is 1. The van der Waals surface area contributed by atoms with Crippen LogP contribution in [0.15, 0.2) is 97.1 Å². The number of nitrogens with zero attached hydrogens (tertiary/aromatic N) is 1. The van der Waals surface area contributed by atoms with Crippen LogP contribution < -0.4 is 4.74 Å². The summed E-state index contributed by atoms with van der Waals surface area (Å²) in [7, 11) is 1.99. The van der Waals surface area contributed by atoms with Gasteiger partial charge in [-0.05, 0) is 97.6 Å². The van der Waals surface area contributed by atoms with Crippen molar-refractivity contribution in [2.24, 2.45) is 5.92 Å². The second-order valence-corrected chi connectivity index (χ2v) is 11.8. The van der Waals surface area contributed by atoms with Gasteiger partial charge in [0.05, 0.1) is 11.1 Å². The van der Waals surface area contributed by atoms with Crippen LogP contribution in [-0.2, 0) is 23.2 Å². The molecule has 4 aromatic carbocycles. The van der Waals surface area contributed by atoms with Gasteiger partial charge in [-0.3, -0.25) is 9.69 Å². The van der Waals surface area contributed by atoms with Gasteiger partial charge in [-0.15, -0.1) is 0 Å². The minimum absolute atomic E-state index is 0.0128. The van der Waals surface area contributed by atoms with E-state index in [-0.39, 0.29) is 18.4 Å². The maximum absolute atomic E-state index is 13.4. The summed E-state index contributed by atoms with van der Waals surface area (Å²) in [4.78, 5) is 25.5. The van der Waals surface area contributed by atoms with Gasteiger partial charge >= 0.3 is 12.1 Å². The molecule has 0 aliphatic rings. The Morgan fingerprint density at radius 2 is 1.22 bits per heavy atom. The first kappa shape index (κ1) is 34.0. The zero-order valence-electron chi connectivity index (χ0n) is 24.7. The molecule has 1 N–H and O–H groups in total. The fourth-order valence-corrected chi connectivity index (χ4v) is 5.50. The molecule has 0 fully saturated rings. The van der Waals surface area contributed by atoms with Gasteiger partial charge in [-0.2, -0.15) is 13.2 Å². The summed E-state index contributed by atoms with van der Waals surface area (Å²) in [5.74, 6) is -3.79. The molecule has 1 unspecified atom stereocenters. The lowest BCUT2D eigenvalue weighted by atomic mass is 9.83. The Hall–Kier alpha value is -3.85. The van der Waals surface area contributed by atoms with Gasteiger partial charge in [-0.1, -0.05) is 71.7 Å². The molecule has 0 aliphatic heterocycles. The molecule has 0 bridgehead atoms. The number of ketones is 1. The summed E-state index contributed by atoms with van der Waals surface area (Å²) in [6.07, 6.45) is -5.31. The normalized spacial score (nSPS) is 12.6. The van der Waals surface area contributed by atoms with Crippen LogP contribution in [0.1, 0.15) is 39.5 Å². The zero-order chi connectivity index (χ0) is 32.8. The summed E-state index contributed by atoms with van der Waals surface area (Å²) in [5.41, 5.74) is 2.52. The zero-order valence-corrected chi connectivity index (χ0v) is 26.2. The van der Waals surface area contributed by atoms with Crippen molar-refractivity contribution < 1.29 is 32.6 Å². The Kier molecular flexibility index (Phi) is 11.0. The number of aromatic carboxylic acids is 1. The Morgan fingerprint density at radius 3 is 1.64 bits per heavy atom. The number of carbonyl (C=O) groups excluding carboxylic acids is 1. The van der Waals surface area contributed by atoms with Gasteiger partial charge in [0.2, 0.25) is 5.78 Å². The van der Waals surface area contributed by atoms with Crippen LogP contribution in [0.4, 0.5) is 13.2 Å². The number of likely N-dealkylation sites (N-methyl/N-ethyl adjacent to an activating group) is 1. The molecule has 0 saturated carbocycles. The average Bonchev–Trinajstić information content (AvgIpc) is 3.01. The first-order valence-electron chi connectivity index (χ1n) is 14.2. The molecule has 0 spiro atoms. The second-order valence-electron chi connectivity index (χ2n) is 11.0. The van der Waals surface area contributed by atoms with Crippen molar-refractivity contribution in [3.8, 4) is 5.75 Å². The smallest absolute Gasteiger partial charge is 0.450 e. The molecule has 0 amide bonds. The number of hydrogen-bond acceptors (Lipinski definition) is 4. The third-order valence-corrected chi connectivity index (χ3v) is 8.51. The van der Waals surface area contributed by atoms with Crippen molar-refractivity contribution in [3.63, 3.8) is 0 Å². The van der Waals surface area contributed by atoms with E-state index in [1.165, 1.54) is 24.3 Å². The van der Waals surface area contributed by atoms with Crippen LogP contribution in [0, 0.1) is 5.92 Å². The molecule has 0 saturated heterocycles. The van der Waals surface area contributed by atoms with E-state index in [0.717, 1.165) is 11.1 Å². The first-order chi connectivity index (χ1) is 21.3. The summed E-state index contributed by atoms with van der Waals surface area (Å²) in [6.45, 7) is 2.97. The molecule has 0 aromatic heterocycles. The second kappa shape index (κ2) is 14.5. The molecule has 10 heteroatoms. The number of benzene rings is 4. The number of alkyl halides is 3. The SMILES string of the molecule is CN(CCOc1ccc(CC(Cc2ccc(C(=O)O)cc2)C(=O)C(F)(F)F)cc1)C(C)(c1ccc(Cl)cc1)c1ccc(Cl)cc1. The Balaban J connectivity index is 1.42. The first-order valence-corrected chi connectivity index (χ1v) is 14.9. The van der Waals surface area contributed by atoms with Gasteiger partial charge in [0.15, 0.2) is 0 Å². The number of Topliss-reactive ketones (excluding diaryl/α,β-unsaturated/α-hetero) is 1. The highest BCUT2D eigenvalue weighted by molar-refractivity contribution is 6.30. The van der Waals surface area contributed by atoms with Crippen LogP contribution in [-0.4, -0.2) is 48.1 Å². The summed E-state index contributed by atoms with van der Waals surface area (Å²) in [6, 6.07) is 27.4. The lowest BCUT2D eigenvalue weighted by Gasteiger charge is -2.40. The average molecular weight is 659 g/mol. The van der Waals surface area contributed by atoms with Crippen LogP contribution in [0.2, 0.25) is 10.0 Å². The van der Waals surface area contributed by atoms with Crippen LogP contribution in [0.5, 0.6) is 5.75 Å². The molecule has 5 nitrogen and oxygen atoms in total. The minimum Gasteiger partial charge on any atom is -0.492 e. The van der Waals surface area contributed by atoms with Gasteiger partial charge in [0.25, 0.3) is 0 Å². The predicted molar refractivity (Wildman–Crippen MR) is 169 cm³/mol. The largest absolute Gasteiger partial charge is 0.492 e. The number of carboxylic acids is 1. The van der Waals surface area contributed by atoms with Gasteiger partial charge in [0, 0.05) is 22.5 Å². The molecule has 236 valence electrons. The summed E-state index contributed by atoms with van der Waals surface area (Å²) in [5, 5.41) is 10.3. The Bertz CT molecular complexity index is 1550. The number of carboxylic acid groups (broad SMARTS) is 1. The lowest BCUT2D eigenvalue weighted by molar-refractivity contribution is -0.175. The van der Waals surface area contributed by atoms with E-state index in [9.17, 15) is 22.8 Å². The Labute approximate surface area is 270 Å². The number of rotatable bonds is 13. The number of carbonyl (C=O) groups is 2. The minimum atomic E-state index is -4.99. The van der Waals surface area contributed by atoms with E-state index < -0.39 is 29.4 Å². The summed E-state index contributed by atoms with van der Waals surface area (Å²) >= 11 is 12.3. The van der Waals surface area contributed by atoms with E-state index in [0.29, 0.717) is 40.1 Å². The van der Waals surface area contributed by atoms with Crippen molar-refractivity contribution in [1.82, 2.24) is 4.90 Å². The van der Waals surface area contributed by atoms with E-state index in [4.69, 9.17) is 33.0 Å². The van der Waals surface area contributed by atoms with Gasteiger partial charge in [0.1, 0.15) is 12.4 Å². The van der Waals surface area contributed by atoms with Crippen molar-refractivity contribution in [1.29, 1.82) is 0 Å². The molecule has 1 atom stereocenters. The van der Waals surface area contributed by atoms with Gasteiger partial charge < -0.3 is 9.84 Å². The van der Waals surface area contributed by atoms with E-state index in [2.05, 4.69) is 11.8 Å². The third-order valence-electron chi connectivity index (χ3n) is 8.01. The Morgan fingerprint density at radius 1 is 0.778 bits per heavy atom. The van der Waals surface area contributed by atoms with E-state index in [1.807, 2.05) is 55.6 Å². The van der Waals surface area contributed by atoms with Crippen LogP contribution in [0.3, 0.4) is 0 Å². The number of ether oxygens (including phenoxy) is 1. The molecule has 4 rings (SSSR count). The fourth-order valence-electron chi connectivity index (χ4n) is 5.24. The van der Waals surface area contributed by atoms with Crippen molar-refractivity contribution >= 4 is 35.0 Å². The number of halogens is 5. The summed E-state index contributed by atoms with van der Waals surface area (Å²) < 4.78 is 46.2. The van der Waals surface area contributed by atoms with Crippen molar-refractivity contribution in [2.45, 2.75) is 31.5 Å². The highest BCUT2D eigenvalue weighted by Gasteiger charge is 2.43. The molecule has 4 aromatic rings. The molecule has 45 heavy (non-hydrogen) atoms. The van der Waals surface area contributed by atoms with Crippen molar-refractivity contribution in [2.75, 3.05) is 20.2 Å².